The second kappa shape index (κ2) is 6.83. The number of pyridine rings is 1. The molecule has 2 aromatic heterocycles. The van der Waals surface area contributed by atoms with E-state index in [1.807, 2.05) is 0 Å². The summed E-state index contributed by atoms with van der Waals surface area (Å²) in [5.74, 6) is 0.0998. The summed E-state index contributed by atoms with van der Waals surface area (Å²) in [6.45, 7) is 1.08. The molecule has 0 unspecified atom stereocenters. The number of amides is 2. The van der Waals surface area contributed by atoms with Crippen molar-refractivity contribution in [2.45, 2.75) is 25.0 Å². The predicted octanol–water partition coefficient (Wildman–Crippen LogP) is 0.468. The first-order valence-electron chi connectivity index (χ1n) is 8.61. The number of rotatable bonds is 3. The van der Waals surface area contributed by atoms with E-state index in [2.05, 4.69) is 20.4 Å². The Morgan fingerprint density at radius 1 is 1.38 bits per heavy atom. The third-order valence-corrected chi connectivity index (χ3v) is 4.85. The minimum Gasteiger partial charge on any atom is -0.363 e. The Morgan fingerprint density at radius 2 is 2.27 bits per heavy atom. The topological polar surface area (TPSA) is 102 Å². The SMILES string of the molecule is Cn1cnc(C(=O)N2CC[C@H]3C[C@H](C(=O)Nc4cccnc4)O[C@H]3C2)n1. The van der Waals surface area contributed by atoms with Gasteiger partial charge in [-0.25, -0.2) is 4.98 Å². The second-order valence-electron chi connectivity index (χ2n) is 6.67. The monoisotopic (exact) mass is 356 g/mol. The van der Waals surface area contributed by atoms with Crippen molar-refractivity contribution >= 4 is 17.5 Å². The van der Waals surface area contributed by atoms with Gasteiger partial charge in [-0.3, -0.25) is 19.3 Å². The molecule has 2 fully saturated rings. The summed E-state index contributed by atoms with van der Waals surface area (Å²) in [4.78, 5) is 34.6. The minimum atomic E-state index is -0.506. The molecule has 0 aromatic carbocycles. The van der Waals surface area contributed by atoms with Crippen LogP contribution in [-0.4, -0.2) is 61.8 Å². The zero-order valence-electron chi connectivity index (χ0n) is 14.4. The Morgan fingerprint density at radius 3 is 3.00 bits per heavy atom. The van der Waals surface area contributed by atoms with Gasteiger partial charge < -0.3 is 15.0 Å². The van der Waals surface area contributed by atoms with Crippen LogP contribution in [0.2, 0.25) is 0 Å². The van der Waals surface area contributed by atoms with E-state index in [0.29, 0.717) is 25.2 Å². The van der Waals surface area contributed by atoms with Gasteiger partial charge in [-0.05, 0) is 30.9 Å². The first-order chi connectivity index (χ1) is 12.6. The molecule has 2 aliphatic heterocycles. The molecule has 2 aromatic rings. The third-order valence-electron chi connectivity index (χ3n) is 4.85. The van der Waals surface area contributed by atoms with Crippen molar-refractivity contribution in [1.29, 1.82) is 0 Å². The summed E-state index contributed by atoms with van der Waals surface area (Å²) in [7, 11) is 1.72. The van der Waals surface area contributed by atoms with E-state index < -0.39 is 6.10 Å². The number of carbonyl (C=O) groups excluding carboxylic acids is 2. The number of nitrogens with zero attached hydrogens (tertiary/aromatic N) is 5. The predicted molar refractivity (Wildman–Crippen MR) is 91.2 cm³/mol. The standard InChI is InChI=1S/C17H20N6O3/c1-22-10-19-15(21-22)17(25)23-6-4-11-7-13(26-14(11)9-23)16(24)20-12-3-2-5-18-8-12/h2-3,5,8,10-11,13-14H,4,6-7,9H2,1H3,(H,20,24)/t11-,13+,14-/m0/s1. The van der Waals surface area contributed by atoms with Gasteiger partial charge in [0.1, 0.15) is 12.4 Å². The number of carbonyl (C=O) groups is 2. The Hall–Kier alpha value is -2.81. The highest BCUT2D eigenvalue weighted by atomic mass is 16.5. The van der Waals surface area contributed by atoms with Crippen LogP contribution >= 0.6 is 0 Å². The molecule has 136 valence electrons. The molecule has 9 nitrogen and oxygen atoms in total. The van der Waals surface area contributed by atoms with Gasteiger partial charge in [0.25, 0.3) is 11.8 Å². The van der Waals surface area contributed by atoms with Crippen LogP contribution in [0.1, 0.15) is 23.5 Å². The summed E-state index contributed by atoms with van der Waals surface area (Å²) in [5, 5.41) is 6.89. The molecule has 0 radical (unpaired) electrons. The molecule has 9 heteroatoms. The van der Waals surface area contributed by atoms with E-state index in [0.717, 1.165) is 6.42 Å². The molecule has 2 aliphatic rings. The van der Waals surface area contributed by atoms with Crippen LogP contribution in [0.15, 0.2) is 30.9 Å². The van der Waals surface area contributed by atoms with Crippen molar-refractivity contribution in [3.05, 3.63) is 36.7 Å². The molecular weight excluding hydrogens is 336 g/mol. The Kier molecular flexibility index (Phi) is 4.37. The van der Waals surface area contributed by atoms with E-state index >= 15 is 0 Å². The van der Waals surface area contributed by atoms with E-state index in [9.17, 15) is 9.59 Å². The maximum absolute atomic E-state index is 12.5. The van der Waals surface area contributed by atoms with Gasteiger partial charge in [-0.15, -0.1) is 5.10 Å². The number of aromatic nitrogens is 4. The summed E-state index contributed by atoms with van der Waals surface area (Å²) >= 11 is 0. The zero-order valence-corrected chi connectivity index (χ0v) is 14.4. The van der Waals surface area contributed by atoms with Crippen molar-refractivity contribution in [3.8, 4) is 0 Å². The van der Waals surface area contributed by atoms with Crippen LogP contribution in [0.4, 0.5) is 5.69 Å². The molecule has 3 atom stereocenters. The highest BCUT2D eigenvalue weighted by molar-refractivity contribution is 5.94. The number of aryl methyl sites for hydroxylation is 1. The molecule has 26 heavy (non-hydrogen) atoms. The van der Waals surface area contributed by atoms with Gasteiger partial charge in [-0.2, -0.15) is 0 Å². The Bertz CT molecular complexity index is 808. The smallest absolute Gasteiger partial charge is 0.293 e. The van der Waals surface area contributed by atoms with Crippen molar-refractivity contribution in [3.63, 3.8) is 0 Å². The lowest BCUT2D eigenvalue weighted by Crippen LogP contribution is -2.45. The molecule has 4 heterocycles. The van der Waals surface area contributed by atoms with Crippen LogP contribution < -0.4 is 5.32 Å². The number of anilines is 1. The molecule has 0 bridgehead atoms. The summed E-state index contributed by atoms with van der Waals surface area (Å²) in [6.07, 6.45) is 5.58. The van der Waals surface area contributed by atoms with Crippen LogP contribution in [0.3, 0.4) is 0 Å². The molecule has 4 rings (SSSR count). The van der Waals surface area contributed by atoms with E-state index in [1.54, 1.807) is 36.5 Å². The van der Waals surface area contributed by atoms with Crippen molar-refractivity contribution in [2.75, 3.05) is 18.4 Å². The van der Waals surface area contributed by atoms with Crippen LogP contribution in [0.5, 0.6) is 0 Å². The molecule has 0 saturated carbocycles. The Labute approximate surface area is 150 Å². The van der Waals surface area contributed by atoms with Crippen LogP contribution in [-0.2, 0) is 16.6 Å². The van der Waals surface area contributed by atoms with Gasteiger partial charge in [0, 0.05) is 26.3 Å². The largest absolute Gasteiger partial charge is 0.363 e. The van der Waals surface area contributed by atoms with Gasteiger partial charge in [-0.1, -0.05) is 0 Å². The fourth-order valence-electron chi connectivity index (χ4n) is 3.52. The number of nitrogens with one attached hydrogen (secondary N) is 1. The summed E-state index contributed by atoms with van der Waals surface area (Å²) in [6, 6.07) is 3.55. The third kappa shape index (κ3) is 3.30. The highest BCUT2D eigenvalue weighted by Crippen LogP contribution is 2.34. The maximum Gasteiger partial charge on any atom is 0.293 e. The van der Waals surface area contributed by atoms with E-state index in [-0.39, 0.29) is 29.7 Å². The van der Waals surface area contributed by atoms with Crippen LogP contribution in [0, 0.1) is 5.92 Å². The molecule has 2 amide bonds. The average Bonchev–Trinajstić information content (AvgIpc) is 3.27. The second-order valence-corrected chi connectivity index (χ2v) is 6.67. The number of hydrogen-bond acceptors (Lipinski definition) is 6. The van der Waals surface area contributed by atoms with Gasteiger partial charge >= 0.3 is 0 Å². The molecule has 2 saturated heterocycles. The van der Waals surface area contributed by atoms with E-state index in [1.165, 1.54) is 11.0 Å². The fraction of sp³-hybridized carbons (Fsp3) is 0.471. The maximum atomic E-state index is 12.5. The average molecular weight is 356 g/mol. The molecule has 0 aliphatic carbocycles. The quantitative estimate of drug-likeness (QED) is 0.858. The van der Waals surface area contributed by atoms with Crippen molar-refractivity contribution in [2.24, 2.45) is 13.0 Å². The van der Waals surface area contributed by atoms with E-state index in [4.69, 9.17) is 4.74 Å². The minimum absolute atomic E-state index is 0.138. The fourth-order valence-corrected chi connectivity index (χ4v) is 3.52. The van der Waals surface area contributed by atoms with Crippen molar-refractivity contribution < 1.29 is 14.3 Å². The normalized spacial score (nSPS) is 25.0. The van der Waals surface area contributed by atoms with Gasteiger partial charge in [0.05, 0.1) is 18.0 Å². The lowest BCUT2D eigenvalue weighted by Gasteiger charge is -2.33. The van der Waals surface area contributed by atoms with Crippen molar-refractivity contribution in [1.82, 2.24) is 24.6 Å². The van der Waals surface area contributed by atoms with Gasteiger partial charge in [0.2, 0.25) is 5.82 Å². The molecule has 0 spiro atoms. The zero-order chi connectivity index (χ0) is 18.1. The first kappa shape index (κ1) is 16.6. The van der Waals surface area contributed by atoms with Crippen LogP contribution in [0.25, 0.3) is 0 Å². The highest BCUT2D eigenvalue weighted by Gasteiger charge is 2.43. The molecular formula is C17H20N6O3. The Balaban J connectivity index is 1.37. The number of hydrogen-bond donors (Lipinski definition) is 1. The number of ether oxygens (including phenoxy) is 1. The van der Waals surface area contributed by atoms with Gasteiger partial charge in [0.15, 0.2) is 0 Å². The summed E-state index contributed by atoms with van der Waals surface area (Å²) < 4.78 is 7.45. The lowest BCUT2D eigenvalue weighted by atomic mass is 9.91. The number of piperidine rings is 1. The summed E-state index contributed by atoms with van der Waals surface area (Å²) in [5.41, 5.74) is 0.647. The lowest BCUT2D eigenvalue weighted by molar-refractivity contribution is -0.127. The number of likely N-dealkylation sites (tertiary alicyclic amines) is 1. The molecule has 1 N–H and O–H groups in total. The number of fused-ring (bicyclic) bond motifs is 1. The first-order valence-corrected chi connectivity index (χ1v) is 8.61.